The van der Waals surface area contributed by atoms with Crippen LogP contribution in [0, 0.1) is 15.2 Å². The van der Waals surface area contributed by atoms with Gasteiger partial charge >= 0.3 is 0 Å². The Labute approximate surface area is 145 Å². The van der Waals surface area contributed by atoms with E-state index in [1.807, 2.05) is 0 Å². The molecule has 3 nitrogen and oxygen atoms in total. The SMILES string of the molecule is C=CCOc1cc(I)cc(Cl)c1Nc1c(N)ccc(F)c1F. The van der Waals surface area contributed by atoms with Crippen molar-refractivity contribution < 1.29 is 13.5 Å². The Balaban J connectivity index is 2.49. The van der Waals surface area contributed by atoms with Crippen molar-refractivity contribution in [2.24, 2.45) is 0 Å². The van der Waals surface area contributed by atoms with Crippen molar-refractivity contribution >= 4 is 51.3 Å². The molecule has 116 valence electrons. The number of anilines is 3. The molecule has 2 aromatic rings. The molecule has 22 heavy (non-hydrogen) atoms. The molecular formula is C15H12ClF2IN2O. The summed E-state index contributed by atoms with van der Waals surface area (Å²) in [6.07, 6.45) is 1.56. The molecule has 0 radical (unpaired) electrons. The van der Waals surface area contributed by atoms with Crippen LogP contribution in [0.5, 0.6) is 5.75 Å². The first-order valence-corrected chi connectivity index (χ1v) is 7.63. The number of nitrogens with one attached hydrogen (secondary N) is 1. The lowest BCUT2D eigenvalue weighted by Gasteiger charge is -2.16. The lowest BCUT2D eigenvalue weighted by Crippen LogP contribution is -2.04. The van der Waals surface area contributed by atoms with Crippen molar-refractivity contribution in [2.75, 3.05) is 17.7 Å². The molecule has 0 atom stereocenters. The zero-order valence-electron chi connectivity index (χ0n) is 11.3. The summed E-state index contributed by atoms with van der Waals surface area (Å²) >= 11 is 8.25. The zero-order chi connectivity index (χ0) is 16.3. The average molecular weight is 437 g/mol. The summed E-state index contributed by atoms with van der Waals surface area (Å²) in [5.74, 6) is -1.70. The third kappa shape index (κ3) is 3.61. The molecule has 0 bridgehead atoms. The van der Waals surface area contributed by atoms with Gasteiger partial charge in [-0.25, -0.2) is 8.78 Å². The molecular weight excluding hydrogens is 425 g/mol. The van der Waals surface area contributed by atoms with Gasteiger partial charge in [-0.2, -0.15) is 0 Å². The molecule has 0 saturated carbocycles. The van der Waals surface area contributed by atoms with Gasteiger partial charge in [-0.3, -0.25) is 0 Å². The Morgan fingerprint density at radius 3 is 2.73 bits per heavy atom. The highest BCUT2D eigenvalue weighted by Crippen LogP contribution is 2.39. The van der Waals surface area contributed by atoms with E-state index in [0.717, 1.165) is 9.64 Å². The summed E-state index contributed by atoms with van der Waals surface area (Å²) in [5.41, 5.74) is 5.87. The first-order chi connectivity index (χ1) is 10.4. The van der Waals surface area contributed by atoms with E-state index in [4.69, 9.17) is 22.1 Å². The van der Waals surface area contributed by atoms with Crippen LogP contribution in [0.15, 0.2) is 36.9 Å². The highest BCUT2D eigenvalue weighted by Gasteiger charge is 2.17. The number of nitrogens with two attached hydrogens (primary N) is 1. The van der Waals surface area contributed by atoms with Gasteiger partial charge in [0.2, 0.25) is 0 Å². The second-order valence-corrected chi connectivity index (χ2v) is 5.96. The van der Waals surface area contributed by atoms with E-state index in [1.165, 1.54) is 6.07 Å². The lowest BCUT2D eigenvalue weighted by molar-refractivity contribution is 0.365. The summed E-state index contributed by atoms with van der Waals surface area (Å²) < 4.78 is 33.6. The quantitative estimate of drug-likeness (QED) is 0.389. The Morgan fingerprint density at radius 1 is 1.32 bits per heavy atom. The van der Waals surface area contributed by atoms with Crippen molar-refractivity contribution in [1.29, 1.82) is 0 Å². The van der Waals surface area contributed by atoms with E-state index in [0.29, 0.717) is 16.5 Å². The van der Waals surface area contributed by atoms with Crippen molar-refractivity contribution in [2.45, 2.75) is 0 Å². The van der Waals surface area contributed by atoms with Crippen molar-refractivity contribution in [1.82, 2.24) is 0 Å². The topological polar surface area (TPSA) is 47.3 Å². The number of rotatable bonds is 5. The Morgan fingerprint density at radius 2 is 2.05 bits per heavy atom. The van der Waals surface area contributed by atoms with Crippen LogP contribution in [0.25, 0.3) is 0 Å². The van der Waals surface area contributed by atoms with Crippen molar-refractivity contribution in [3.8, 4) is 5.75 Å². The van der Waals surface area contributed by atoms with Gasteiger partial charge in [0.25, 0.3) is 0 Å². The molecule has 0 amide bonds. The van der Waals surface area contributed by atoms with Gasteiger partial charge in [0, 0.05) is 3.57 Å². The zero-order valence-corrected chi connectivity index (χ0v) is 14.2. The predicted octanol–water partition coefficient (Wildman–Crippen LogP) is 5.11. The van der Waals surface area contributed by atoms with E-state index >= 15 is 0 Å². The van der Waals surface area contributed by atoms with Crippen molar-refractivity contribution in [3.63, 3.8) is 0 Å². The summed E-state index contributed by atoms with van der Waals surface area (Å²) in [6.45, 7) is 3.81. The second-order valence-electron chi connectivity index (χ2n) is 4.31. The minimum Gasteiger partial charge on any atom is -0.487 e. The molecule has 2 aromatic carbocycles. The molecule has 0 aliphatic rings. The maximum absolute atomic E-state index is 13.9. The van der Waals surface area contributed by atoms with Gasteiger partial charge in [0.05, 0.1) is 10.7 Å². The summed E-state index contributed by atoms with van der Waals surface area (Å²) in [6, 6.07) is 5.61. The number of nitrogen functional groups attached to an aromatic ring is 1. The normalized spacial score (nSPS) is 10.4. The first-order valence-electron chi connectivity index (χ1n) is 6.17. The van der Waals surface area contributed by atoms with Crippen LogP contribution in [-0.2, 0) is 0 Å². The number of halogens is 4. The van der Waals surface area contributed by atoms with Gasteiger partial charge in [-0.05, 0) is 46.9 Å². The number of hydrogen-bond acceptors (Lipinski definition) is 3. The van der Waals surface area contributed by atoms with E-state index < -0.39 is 11.6 Å². The van der Waals surface area contributed by atoms with E-state index in [1.54, 1.807) is 18.2 Å². The summed E-state index contributed by atoms with van der Waals surface area (Å²) in [7, 11) is 0. The average Bonchev–Trinajstić information content (AvgIpc) is 2.47. The van der Waals surface area contributed by atoms with Crippen LogP contribution in [0.3, 0.4) is 0 Å². The molecule has 0 aliphatic heterocycles. The molecule has 0 heterocycles. The van der Waals surface area contributed by atoms with Crippen molar-refractivity contribution in [3.05, 3.63) is 57.1 Å². The van der Waals surface area contributed by atoms with Gasteiger partial charge < -0.3 is 15.8 Å². The summed E-state index contributed by atoms with van der Waals surface area (Å²) in [5, 5.41) is 3.02. The van der Waals surface area contributed by atoms with E-state index in [-0.39, 0.29) is 18.0 Å². The molecule has 3 N–H and O–H groups in total. The fraction of sp³-hybridized carbons (Fsp3) is 0.0667. The molecule has 7 heteroatoms. The third-order valence-electron chi connectivity index (χ3n) is 2.75. The number of ether oxygens (including phenoxy) is 1. The molecule has 2 rings (SSSR count). The molecule has 0 unspecified atom stereocenters. The van der Waals surface area contributed by atoms with Crippen LogP contribution >= 0.6 is 34.2 Å². The molecule has 0 saturated heterocycles. The smallest absolute Gasteiger partial charge is 0.184 e. The maximum Gasteiger partial charge on any atom is 0.184 e. The monoisotopic (exact) mass is 436 g/mol. The van der Waals surface area contributed by atoms with Crippen LogP contribution in [0.1, 0.15) is 0 Å². The predicted molar refractivity (Wildman–Crippen MR) is 93.9 cm³/mol. The van der Waals surface area contributed by atoms with Crippen LogP contribution in [0.4, 0.5) is 25.8 Å². The Hall–Kier alpha value is -1.54. The van der Waals surface area contributed by atoms with E-state index in [2.05, 4.69) is 34.5 Å². The molecule has 0 aromatic heterocycles. The molecule has 0 spiro atoms. The van der Waals surface area contributed by atoms with Crippen LogP contribution < -0.4 is 15.8 Å². The largest absolute Gasteiger partial charge is 0.487 e. The summed E-state index contributed by atoms with van der Waals surface area (Å²) in [4.78, 5) is 0. The highest BCUT2D eigenvalue weighted by molar-refractivity contribution is 14.1. The van der Waals surface area contributed by atoms with Gasteiger partial charge in [0.15, 0.2) is 11.6 Å². The lowest BCUT2D eigenvalue weighted by atomic mass is 10.2. The third-order valence-corrected chi connectivity index (χ3v) is 3.67. The van der Waals surface area contributed by atoms with Gasteiger partial charge in [-0.15, -0.1) is 0 Å². The van der Waals surface area contributed by atoms with Gasteiger partial charge in [-0.1, -0.05) is 24.3 Å². The maximum atomic E-state index is 13.9. The van der Waals surface area contributed by atoms with Crippen LogP contribution in [0.2, 0.25) is 5.02 Å². The minimum atomic E-state index is -1.08. The van der Waals surface area contributed by atoms with E-state index in [9.17, 15) is 8.78 Å². The Bertz CT molecular complexity index is 725. The number of hydrogen-bond donors (Lipinski definition) is 2. The van der Waals surface area contributed by atoms with Gasteiger partial charge in [0.1, 0.15) is 23.7 Å². The number of benzene rings is 2. The molecule has 0 aliphatic carbocycles. The standard InChI is InChI=1S/C15H12ClF2IN2O/c1-2-5-22-12-7-8(19)6-9(16)14(12)21-15-11(20)4-3-10(17)13(15)18/h2-4,6-7,21H,1,5,20H2. The highest BCUT2D eigenvalue weighted by atomic mass is 127. The first kappa shape index (κ1) is 16.8. The molecule has 0 fully saturated rings. The fourth-order valence-electron chi connectivity index (χ4n) is 1.75. The second kappa shape index (κ2) is 7.15. The fourth-order valence-corrected chi connectivity index (χ4v) is 2.79. The minimum absolute atomic E-state index is 0.0585. The van der Waals surface area contributed by atoms with Crippen LogP contribution in [-0.4, -0.2) is 6.61 Å². The Kier molecular flexibility index (Phi) is 5.47.